The highest BCUT2D eigenvalue weighted by Gasteiger charge is 2.23. The van der Waals surface area contributed by atoms with Gasteiger partial charge in [-0.2, -0.15) is 0 Å². The van der Waals surface area contributed by atoms with Crippen molar-refractivity contribution in [2.24, 2.45) is 0 Å². The highest BCUT2D eigenvalue weighted by molar-refractivity contribution is 6.24. The van der Waals surface area contributed by atoms with E-state index in [0.717, 1.165) is 16.7 Å². The minimum Gasteiger partial charge on any atom is -0.384 e. The van der Waals surface area contributed by atoms with Gasteiger partial charge in [0.25, 0.3) is 0 Å². The number of Topliss-reactive ketones (excluding diaryl/α,β-unsaturated/α-hetero) is 1. The third-order valence-electron chi connectivity index (χ3n) is 4.60. The van der Waals surface area contributed by atoms with Gasteiger partial charge in [0.05, 0.1) is 6.10 Å². The molecule has 0 saturated heterocycles. The Kier molecular flexibility index (Phi) is 4.98. The number of benzene rings is 2. The second-order valence-electron chi connectivity index (χ2n) is 6.45. The first kappa shape index (κ1) is 18.0. The monoisotopic (exact) mass is 348 g/mol. The fraction of sp³-hybridized carbons (Fsp3) is 0.182. The second kappa shape index (κ2) is 7.20. The molecular formula is C22H20O4. The normalized spacial score (nSPS) is 20.9. The number of carbonyl (C=O) groups excluding carboxylic acids is 2. The Labute approximate surface area is 152 Å². The van der Waals surface area contributed by atoms with E-state index in [1.54, 1.807) is 37.3 Å². The lowest BCUT2D eigenvalue weighted by Gasteiger charge is -2.24. The Bertz CT molecular complexity index is 937. The van der Waals surface area contributed by atoms with Crippen molar-refractivity contribution in [3.05, 3.63) is 94.1 Å². The molecule has 0 aliphatic heterocycles. The maximum absolute atomic E-state index is 11.5. The quantitative estimate of drug-likeness (QED) is 0.712. The molecule has 0 amide bonds. The van der Waals surface area contributed by atoms with Gasteiger partial charge in [-0.05, 0) is 42.7 Å². The maximum atomic E-state index is 11.5. The van der Waals surface area contributed by atoms with Crippen molar-refractivity contribution in [2.45, 2.75) is 26.1 Å². The Morgan fingerprint density at radius 1 is 0.808 bits per heavy atom. The van der Waals surface area contributed by atoms with E-state index in [0.29, 0.717) is 16.7 Å². The zero-order valence-corrected chi connectivity index (χ0v) is 14.6. The first-order valence-electron chi connectivity index (χ1n) is 8.39. The molecule has 0 fully saturated rings. The SMILES string of the molecule is CC1=CC(=O)c2ccccc2C1=O.CC1=CC(O)c2ccccc2C1O. The van der Waals surface area contributed by atoms with Gasteiger partial charge in [-0.25, -0.2) is 0 Å². The van der Waals surface area contributed by atoms with E-state index in [4.69, 9.17) is 0 Å². The van der Waals surface area contributed by atoms with Gasteiger partial charge in [0.1, 0.15) is 6.10 Å². The van der Waals surface area contributed by atoms with Gasteiger partial charge in [-0.3, -0.25) is 9.59 Å². The Morgan fingerprint density at radius 3 is 2.08 bits per heavy atom. The van der Waals surface area contributed by atoms with Gasteiger partial charge in [-0.15, -0.1) is 0 Å². The molecule has 2 atom stereocenters. The molecule has 0 radical (unpaired) electrons. The number of allylic oxidation sites excluding steroid dienone is 2. The smallest absolute Gasteiger partial charge is 0.189 e. The van der Waals surface area contributed by atoms with Crippen LogP contribution in [-0.2, 0) is 0 Å². The minimum atomic E-state index is -0.570. The molecule has 0 aromatic heterocycles. The van der Waals surface area contributed by atoms with Crippen molar-refractivity contribution in [3.8, 4) is 0 Å². The molecule has 4 rings (SSSR count). The molecule has 2 aromatic carbocycles. The summed E-state index contributed by atoms with van der Waals surface area (Å²) in [5, 5.41) is 19.4. The summed E-state index contributed by atoms with van der Waals surface area (Å²) in [6, 6.07) is 14.3. The molecular weight excluding hydrogens is 328 g/mol. The van der Waals surface area contributed by atoms with Crippen molar-refractivity contribution in [1.82, 2.24) is 0 Å². The van der Waals surface area contributed by atoms with E-state index in [1.807, 2.05) is 31.2 Å². The third-order valence-corrected chi connectivity index (χ3v) is 4.60. The fourth-order valence-corrected chi connectivity index (χ4v) is 3.15. The first-order chi connectivity index (χ1) is 12.4. The summed E-state index contributed by atoms with van der Waals surface area (Å²) in [7, 11) is 0. The van der Waals surface area contributed by atoms with Crippen LogP contribution in [0.2, 0.25) is 0 Å². The molecule has 4 heteroatoms. The molecule has 2 N–H and O–H groups in total. The number of aliphatic hydroxyl groups is 2. The number of hydrogen-bond acceptors (Lipinski definition) is 4. The van der Waals surface area contributed by atoms with Crippen LogP contribution >= 0.6 is 0 Å². The third kappa shape index (κ3) is 3.29. The molecule has 0 spiro atoms. The van der Waals surface area contributed by atoms with Crippen LogP contribution in [0.1, 0.15) is 57.9 Å². The summed E-state index contributed by atoms with van der Waals surface area (Å²) in [4.78, 5) is 23.0. The number of fused-ring (bicyclic) bond motifs is 2. The highest BCUT2D eigenvalue weighted by Crippen LogP contribution is 2.34. The molecule has 2 aliphatic rings. The molecule has 4 nitrogen and oxygen atoms in total. The zero-order valence-electron chi connectivity index (χ0n) is 14.6. The lowest BCUT2D eigenvalue weighted by Crippen LogP contribution is -2.14. The van der Waals surface area contributed by atoms with Gasteiger partial charge >= 0.3 is 0 Å². The average Bonchev–Trinajstić information content (AvgIpc) is 2.65. The lowest BCUT2D eigenvalue weighted by molar-refractivity contribution is 0.0984. The van der Waals surface area contributed by atoms with Gasteiger partial charge in [-0.1, -0.05) is 48.5 Å². The molecule has 0 bridgehead atoms. The predicted molar refractivity (Wildman–Crippen MR) is 99.0 cm³/mol. The Hall–Kier alpha value is -2.82. The second-order valence-corrected chi connectivity index (χ2v) is 6.45. The van der Waals surface area contributed by atoms with Crippen LogP contribution in [0, 0.1) is 0 Å². The van der Waals surface area contributed by atoms with Gasteiger partial charge in [0, 0.05) is 16.7 Å². The topological polar surface area (TPSA) is 74.6 Å². The minimum absolute atomic E-state index is 0.0461. The standard InChI is InChI=1S/C11H12O2.C11H8O2/c2*1-7-6-10(12)8-4-2-3-5-9(8)11(7)13/h2-6,10-13H,1H3;2-6H,1H3. The number of aliphatic hydroxyl groups excluding tert-OH is 2. The van der Waals surface area contributed by atoms with Crippen LogP contribution < -0.4 is 0 Å². The summed E-state index contributed by atoms with van der Waals surface area (Å²) in [5.74, 6) is -0.122. The van der Waals surface area contributed by atoms with Crippen LogP contribution in [0.15, 0.2) is 71.8 Å². The number of hydrogen-bond donors (Lipinski definition) is 2. The van der Waals surface area contributed by atoms with Crippen molar-refractivity contribution in [3.63, 3.8) is 0 Å². The summed E-state index contributed by atoms with van der Waals surface area (Å²) in [5.41, 5.74) is 3.98. The van der Waals surface area contributed by atoms with Crippen LogP contribution in [0.25, 0.3) is 0 Å². The molecule has 132 valence electrons. The number of carbonyl (C=O) groups is 2. The Morgan fingerprint density at radius 2 is 1.38 bits per heavy atom. The zero-order chi connectivity index (χ0) is 18.8. The highest BCUT2D eigenvalue weighted by atomic mass is 16.3. The van der Waals surface area contributed by atoms with E-state index in [-0.39, 0.29) is 11.6 Å². The van der Waals surface area contributed by atoms with Crippen LogP contribution in [0.4, 0.5) is 0 Å². The van der Waals surface area contributed by atoms with E-state index in [1.165, 1.54) is 6.08 Å². The average molecular weight is 348 g/mol. The summed E-state index contributed by atoms with van der Waals surface area (Å²) >= 11 is 0. The van der Waals surface area contributed by atoms with Crippen molar-refractivity contribution in [2.75, 3.05) is 0 Å². The van der Waals surface area contributed by atoms with Crippen LogP contribution in [0.3, 0.4) is 0 Å². The number of rotatable bonds is 0. The molecule has 2 unspecified atom stereocenters. The maximum Gasteiger partial charge on any atom is 0.189 e. The van der Waals surface area contributed by atoms with E-state index in [2.05, 4.69) is 0 Å². The van der Waals surface area contributed by atoms with Crippen molar-refractivity contribution in [1.29, 1.82) is 0 Å². The van der Waals surface area contributed by atoms with Gasteiger partial charge < -0.3 is 10.2 Å². The Balaban J connectivity index is 0.000000151. The molecule has 0 heterocycles. The van der Waals surface area contributed by atoms with Crippen LogP contribution in [-0.4, -0.2) is 21.8 Å². The summed E-state index contributed by atoms with van der Waals surface area (Å²) < 4.78 is 0. The van der Waals surface area contributed by atoms with E-state index in [9.17, 15) is 19.8 Å². The fourth-order valence-electron chi connectivity index (χ4n) is 3.15. The molecule has 26 heavy (non-hydrogen) atoms. The van der Waals surface area contributed by atoms with Gasteiger partial charge in [0.2, 0.25) is 0 Å². The largest absolute Gasteiger partial charge is 0.384 e. The predicted octanol–water partition coefficient (Wildman–Crippen LogP) is 3.73. The summed E-state index contributed by atoms with van der Waals surface area (Å²) in [6.45, 7) is 3.49. The number of ketones is 2. The molecule has 0 saturated carbocycles. The first-order valence-corrected chi connectivity index (χ1v) is 8.39. The van der Waals surface area contributed by atoms with Crippen molar-refractivity contribution >= 4 is 11.6 Å². The molecule has 2 aromatic rings. The summed E-state index contributed by atoms with van der Waals surface area (Å²) in [6.07, 6.45) is 1.96. The van der Waals surface area contributed by atoms with E-state index < -0.39 is 12.2 Å². The van der Waals surface area contributed by atoms with Crippen molar-refractivity contribution < 1.29 is 19.8 Å². The molecule has 2 aliphatic carbocycles. The van der Waals surface area contributed by atoms with E-state index >= 15 is 0 Å². The van der Waals surface area contributed by atoms with Crippen LogP contribution in [0.5, 0.6) is 0 Å². The lowest BCUT2D eigenvalue weighted by atomic mass is 9.88. The van der Waals surface area contributed by atoms with Gasteiger partial charge in [0.15, 0.2) is 11.6 Å².